The predicted molar refractivity (Wildman–Crippen MR) is 60.1 cm³/mol. The Morgan fingerprint density at radius 3 is 2.36 bits per heavy atom. The molecule has 0 amide bonds. The van der Waals surface area contributed by atoms with Crippen molar-refractivity contribution in [2.45, 2.75) is 65.1 Å². The van der Waals surface area contributed by atoms with Gasteiger partial charge in [-0.25, -0.2) is 9.78 Å². The van der Waals surface area contributed by atoms with Crippen LogP contribution in [-0.4, -0.2) is 11.7 Å². The van der Waals surface area contributed by atoms with Crippen LogP contribution in [0.4, 0.5) is 0 Å². The van der Waals surface area contributed by atoms with Crippen LogP contribution >= 0.6 is 0 Å². The molecular formula is C12H24O2. The fraction of sp³-hybridized carbons (Fsp3) is 0.833. The summed E-state index contributed by atoms with van der Waals surface area (Å²) >= 11 is 0. The molecule has 14 heavy (non-hydrogen) atoms. The van der Waals surface area contributed by atoms with E-state index in [9.17, 15) is 0 Å². The highest BCUT2D eigenvalue weighted by molar-refractivity contribution is 4.78. The van der Waals surface area contributed by atoms with E-state index in [0.29, 0.717) is 0 Å². The van der Waals surface area contributed by atoms with Crippen LogP contribution < -0.4 is 0 Å². The van der Waals surface area contributed by atoms with Crippen LogP contribution in [0.1, 0.15) is 53.4 Å². The molecule has 2 nitrogen and oxygen atoms in total. The van der Waals surface area contributed by atoms with Crippen molar-refractivity contribution in [3.8, 4) is 0 Å². The number of hydrogen-bond donors (Lipinski definition) is 0. The van der Waals surface area contributed by atoms with E-state index in [2.05, 4.69) is 13.5 Å². The van der Waals surface area contributed by atoms with Crippen molar-refractivity contribution in [1.29, 1.82) is 0 Å². The Labute approximate surface area is 88.2 Å². The summed E-state index contributed by atoms with van der Waals surface area (Å²) in [5.41, 5.74) is -0.244. The third-order valence-corrected chi connectivity index (χ3v) is 1.78. The van der Waals surface area contributed by atoms with E-state index in [1.807, 2.05) is 20.8 Å². The SMILES string of the molecule is C=CC(CCCCC)OOC(C)(C)C. The molecule has 0 saturated carbocycles. The summed E-state index contributed by atoms with van der Waals surface area (Å²) in [5.74, 6) is 0. The van der Waals surface area contributed by atoms with Gasteiger partial charge in [0.15, 0.2) is 0 Å². The van der Waals surface area contributed by atoms with Gasteiger partial charge in [-0.1, -0.05) is 32.3 Å². The highest BCUT2D eigenvalue weighted by Gasteiger charge is 2.14. The van der Waals surface area contributed by atoms with Crippen molar-refractivity contribution < 1.29 is 9.78 Å². The molecule has 0 aliphatic rings. The second-order valence-electron chi connectivity index (χ2n) is 4.56. The van der Waals surface area contributed by atoms with Gasteiger partial charge in [-0.05, 0) is 27.2 Å². The third-order valence-electron chi connectivity index (χ3n) is 1.78. The molecule has 0 rings (SSSR count). The van der Waals surface area contributed by atoms with Crippen LogP contribution in [0.5, 0.6) is 0 Å². The lowest BCUT2D eigenvalue weighted by Crippen LogP contribution is -2.23. The Bertz CT molecular complexity index is 147. The summed E-state index contributed by atoms with van der Waals surface area (Å²) < 4.78 is 0. The van der Waals surface area contributed by atoms with Crippen molar-refractivity contribution in [2.24, 2.45) is 0 Å². The van der Waals surface area contributed by atoms with Crippen molar-refractivity contribution in [1.82, 2.24) is 0 Å². The number of rotatable bonds is 7. The van der Waals surface area contributed by atoms with Gasteiger partial charge in [0, 0.05) is 0 Å². The van der Waals surface area contributed by atoms with E-state index in [1.54, 1.807) is 6.08 Å². The summed E-state index contributed by atoms with van der Waals surface area (Å²) in [6.45, 7) is 11.8. The molecule has 0 aromatic heterocycles. The zero-order valence-electron chi connectivity index (χ0n) is 10.0. The van der Waals surface area contributed by atoms with Crippen molar-refractivity contribution in [3.05, 3.63) is 12.7 Å². The first-order chi connectivity index (χ1) is 6.49. The predicted octanol–water partition coefficient (Wildman–Crippen LogP) is 3.87. The first kappa shape index (κ1) is 13.7. The maximum Gasteiger partial charge on any atom is 0.111 e. The van der Waals surface area contributed by atoms with E-state index >= 15 is 0 Å². The first-order valence-corrected chi connectivity index (χ1v) is 5.46. The standard InChI is InChI=1S/C12H24O2/c1-6-8-9-10-11(7-2)13-14-12(3,4)5/h7,11H,2,6,8-10H2,1,3-5H3. The van der Waals surface area contributed by atoms with Gasteiger partial charge in [0.1, 0.15) is 6.10 Å². The molecule has 1 atom stereocenters. The van der Waals surface area contributed by atoms with Crippen LogP contribution in [0, 0.1) is 0 Å². The van der Waals surface area contributed by atoms with Crippen LogP contribution in [0.2, 0.25) is 0 Å². The molecule has 0 N–H and O–H groups in total. The summed E-state index contributed by atoms with van der Waals surface area (Å²) in [7, 11) is 0. The third kappa shape index (κ3) is 8.27. The lowest BCUT2D eigenvalue weighted by Gasteiger charge is -2.21. The van der Waals surface area contributed by atoms with Gasteiger partial charge in [0.25, 0.3) is 0 Å². The van der Waals surface area contributed by atoms with Crippen molar-refractivity contribution in [3.63, 3.8) is 0 Å². The van der Waals surface area contributed by atoms with Gasteiger partial charge in [-0.3, -0.25) is 0 Å². The minimum Gasteiger partial charge on any atom is -0.230 e. The van der Waals surface area contributed by atoms with Crippen LogP contribution in [-0.2, 0) is 9.78 Å². The molecule has 0 saturated heterocycles. The fourth-order valence-corrected chi connectivity index (χ4v) is 1.01. The lowest BCUT2D eigenvalue weighted by molar-refractivity contribution is -0.365. The van der Waals surface area contributed by atoms with Gasteiger partial charge in [-0.2, -0.15) is 0 Å². The topological polar surface area (TPSA) is 18.5 Å². The maximum absolute atomic E-state index is 5.28. The van der Waals surface area contributed by atoms with Crippen LogP contribution in [0.15, 0.2) is 12.7 Å². The Morgan fingerprint density at radius 2 is 1.93 bits per heavy atom. The number of hydrogen-bond acceptors (Lipinski definition) is 2. The van der Waals surface area contributed by atoms with E-state index in [-0.39, 0.29) is 11.7 Å². The molecule has 0 spiro atoms. The van der Waals surface area contributed by atoms with Crippen LogP contribution in [0.3, 0.4) is 0 Å². The van der Waals surface area contributed by atoms with E-state index in [4.69, 9.17) is 9.78 Å². The van der Waals surface area contributed by atoms with E-state index < -0.39 is 0 Å². The Balaban J connectivity index is 3.63. The maximum atomic E-state index is 5.28. The van der Waals surface area contributed by atoms with Gasteiger partial charge < -0.3 is 0 Å². The fourth-order valence-electron chi connectivity index (χ4n) is 1.01. The molecule has 84 valence electrons. The molecule has 2 heteroatoms. The summed E-state index contributed by atoms with van der Waals surface area (Å²) in [5, 5.41) is 0. The molecule has 0 bridgehead atoms. The molecule has 0 aromatic carbocycles. The van der Waals surface area contributed by atoms with Gasteiger partial charge in [0.2, 0.25) is 0 Å². The Hall–Kier alpha value is -0.340. The van der Waals surface area contributed by atoms with Crippen LogP contribution in [0.25, 0.3) is 0 Å². The average Bonchev–Trinajstić information content (AvgIpc) is 2.09. The van der Waals surface area contributed by atoms with Crippen molar-refractivity contribution >= 4 is 0 Å². The Kier molecular flexibility index (Phi) is 6.85. The van der Waals surface area contributed by atoms with Crippen molar-refractivity contribution in [2.75, 3.05) is 0 Å². The highest BCUT2D eigenvalue weighted by atomic mass is 17.2. The zero-order chi connectivity index (χ0) is 11.0. The molecule has 0 aliphatic heterocycles. The van der Waals surface area contributed by atoms with Gasteiger partial charge in [-0.15, -0.1) is 6.58 Å². The highest BCUT2D eigenvalue weighted by Crippen LogP contribution is 2.13. The molecule has 1 unspecified atom stereocenters. The first-order valence-electron chi connectivity index (χ1n) is 5.46. The second kappa shape index (κ2) is 7.02. The molecule has 0 aromatic rings. The molecular weight excluding hydrogens is 176 g/mol. The van der Waals surface area contributed by atoms with Gasteiger partial charge in [0.05, 0.1) is 5.60 Å². The summed E-state index contributed by atoms with van der Waals surface area (Å²) in [6, 6.07) is 0. The zero-order valence-corrected chi connectivity index (χ0v) is 10.0. The average molecular weight is 200 g/mol. The normalized spacial score (nSPS) is 14.0. The number of unbranched alkanes of at least 4 members (excludes halogenated alkanes) is 2. The Morgan fingerprint density at radius 1 is 1.29 bits per heavy atom. The second-order valence-corrected chi connectivity index (χ2v) is 4.56. The van der Waals surface area contributed by atoms with Gasteiger partial charge >= 0.3 is 0 Å². The molecule has 0 heterocycles. The quantitative estimate of drug-likeness (QED) is 0.269. The van der Waals surface area contributed by atoms with E-state index in [0.717, 1.165) is 6.42 Å². The largest absolute Gasteiger partial charge is 0.230 e. The minimum absolute atomic E-state index is 0.0285. The molecule has 0 radical (unpaired) electrons. The molecule has 0 fully saturated rings. The van der Waals surface area contributed by atoms with E-state index in [1.165, 1.54) is 19.3 Å². The minimum atomic E-state index is -0.244. The monoisotopic (exact) mass is 200 g/mol. The summed E-state index contributed by atoms with van der Waals surface area (Å²) in [4.78, 5) is 10.5. The summed E-state index contributed by atoms with van der Waals surface area (Å²) in [6.07, 6.45) is 6.46. The smallest absolute Gasteiger partial charge is 0.111 e. The molecule has 0 aliphatic carbocycles. The lowest BCUT2D eigenvalue weighted by atomic mass is 10.1.